The van der Waals surface area contributed by atoms with Gasteiger partial charge >= 0.3 is 6.18 Å². The summed E-state index contributed by atoms with van der Waals surface area (Å²) in [6, 6.07) is 36.4. The van der Waals surface area contributed by atoms with Crippen LogP contribution in [0.3, 0.4) is 0 Å². The number of pyridine rings is 1. The molecule has 0 atom stereocenters. The molecule has 6 rings (SSSR count). The second-order valence-electron chi connectivity index (χ2n) is 12.8. The number of hydrogen-bond acceptors (Lipinski definition) is 3. The molecule has 1 N–H and O–H groups in total. The van der Waals surface area contributed by atoms with Gasteiger partial charge < -0.3 is 5.11 Å². The van der Waals surface area contributed by atoms with E-state index >= 15 is 0 Å². The topological polar surface area (TPSA) is 50.2 Å². The smallest absolute Gasteiger partial charge is 0.448 e. The number of aliphatic hydroxyl groups is 1. The predicted octanol–water partition coefficient (Wildman–Crippen LogP) is 11.0. The SMILES string of the molecule is CC(C)C(=O)/C=C(\O)C(F)(F)F.CC(C)c1ccc(-c2ccc3ccc(-c4[c-]cc5c(c4)C(C)(C)c4ccccc4-5)nc3c2)cc1.[Ir]. The molecule has 1 heterocycles. The molecule has 3 nitrogen and oxygen atoms in total. The molecule has 245 valence electrons. The van der Waals surface area contributed by atoms with E-state index in [2.05, 4.69) is 125 Å². The Morgan fingerprint density at radius 2 is 1.49 bits per heavy atom. The van der Waals surface area contributed by atoms with Crippen molar-refractivity contribution in [1.29, 1.82) is 0 Å². The quantitative estimate of drug-likeness (QED) is 0.109. The number of carbonyl (C=O) groups is 1. The van der Waals surface area contributed by atoms with Crippen LogP contribution in [0.15, 0.2) is 103 Å². The largest absolute Gasteiger partial charge is 0.504 e. The third-order valence-electron chi connectivity index (χ3n) is 8.53. The minimum atomic E-state index is -4.83. The van der Waals surface area contributed by atoms with E-state index in [4.69, 9.17) is 10.1 Å². The zero-order valence-electron chi connectivity index (χ0n) is 27.2. The van der Waals surface area contributed by atoms with Gasteiger partial charge in [-0.1, -0.05) is 125 Å². The molecule has 0 saturated carbocycles. The summed E-state index contributed by atoms with van der Waals surface area (Å²) in [5.41, 5.74) is 12.1. The molecule has 0 aliphatic heterocycles. The van der Waals surface area contributed by atoms with Gasteiger partial charge in [0.15, 0.2) is 5.78 Å². The Morgan fingerprint density at radius 3 is 2.13 bits per heavy atom. The van der Waals surface area contributed by atoms with Crippen LogP contribution in [0.2, 0.25) is 0 Å². The fourth-order valence-corrected chi connectivity index (χ4v) is 5.68. The molecule has 0 amide bonds. The number of nitrogens with zero attached hydrogens (tertiary/aromatic N) is 1. The van der Waals surface area contributed by atoms with Gasteiger partial charge in [-0.3, -0.25) is 9.78 Å². The van der Waals surface area contributed by atoms with Crippen LogP contribution in [0.5, 0.6) is 0 Å². The molecule has 7 heteroatoms. The Morgan fingerprint density at radius 1 is 0.851 bits per heavy atom. The van der Waals surface area contributed by atoms with Crippen molar-refractivity contribution in [3.8, 4) is 33.5 Å². The summed E-state index contributed by atoms with van der Waals surface area (Å²) in [7, 11) is 0. The minimum absolute atomic E-state index is 0. The molecule has 0 fully saturated rings. The van der Waals surface area contributed by atoms with Gasteiger partial charge in [0.1, 0.15) is 0 Å². The van der Waals surface area contributed by atoms with Crippen molar-refractivity contribution in [2.75, 3.05) is 0 Å². The van der Waals surface area contributed by atoms with E-state index in [1.54, 1.807) is 0 Å². The van der Waals surface area contributed by atoms with E-state index in [0.29, 0.717) is 5.92 Å². The minimum Gasteiger partial charge on any atom is -0.504 e. The van der Waals surface area contributed by atoms with Crippen LogP contribution in [0.25, 0.3) is 44.4 Å². The molecule has 0 bridgehead atoms. The normalized spacial score (nSPS) is 13.5. The number of hydrogen-bond donors (Lipinski definition) is 1. The van der Waals surface area contributed by atoms with Crippen molar-refractivity contribution in [3.05, 3.63) is 126 Å². The van der Waals surface area contributed by atoms with E-state index in [1.807, 2.05) is 0 Å². The Labute approximate surface area is 287 Å². The van der Waals surface area contributed by atoms with Crippen LogP contribution in [0.4, 0.5) is 13.2 Å². The summed E-state index contributed by atoms with van der Waals surface area (Å²) in [5.74, 6) is -2.60. The first kappa shape index (κ1) is 35.8. The number of fused-ring (bicyclic) bond motifs is 4. The number of alkyl halides is 3. The molecule has 0 spiro atoms. The number of halogens is 3. The number of benzene rings is 4. The molecule has 47 heavy (non-hydrogen) atoms. The maximum atomic E-state index is 11.6. The van der Waals surface area contributed by atoms with Gasteiger partial charge in [0.2, 0.25) is 5.76 Å². The third-order valence-corrected chi connectivity index (χ3v) is 8.53. The predicted molar refractivity (Wildman–Crippen MR) is 180 cm³/mol. The molecule has 0 saturated heterocycles. The first-order chi connectivity index (χ1) is 21.7. The molecular weight excluding hydrogens is 776 g/mol. The Hall–Kier alpha value is -4.06. The first-order valence-corrected chi connectivity index (χ1v) is 15.4. The second kappa shape index (κ2) is 14.0. The average molecular weight is 813 g/mol. The van der Waals surface area contributed by atoms with Gasteiger partial charge in [-0.05, 0) is 50.7 Å². The number of aliphatic hydroxyl groups excluding tert-OH is 1. The number of allylic oxidation sites excluding steroid dienone is 2. The summed E-state index contributed by atoms with van der Waals surface area (Å²) in [6.45, 7) is 12.0. The third kappa shape index (κ3) is 7.58. The van der Waals surface area contributed by atoms with Gasteiger partial charge in [0, 0.05) is 32.1 Å². The van der Waals surface area contributed by atoms with Crippen molar-refractivity contribution in [2.45, 2.75) is 59.1 Å². The Balaban J connectivity index is 0.000000331. The fourth-order valence-electron chi connectivity index (χ4n) is 5.68. The van der Waals surface area contributed by atoms with E-state index in [1.165, 1.54) is 52.8 Å². The number of carbonyl (C=O) groups excluding carboxylic acids is 1. The zero-order valence-corrected chi connectivity index (χ0v) is 29.6. The summed E-state index contributed by atoms with van der Waals surface area (Å²) < 4.78 is 34.8. The zero-order chi connectivity index (χ0) is 33.4. The molecular formula is C40H37F3IrNO2-. The van der Waals surface area contributed by atoms with Gasteiger partial charge in [-0.15, -0.1) is 29.3 Å². The summed E-state index contributed by atoms with van der Waals surface area (Å²) in [5, 5.41) is 9.47. The van der Waals surface area contributed by atoms with Crippen LogP contribution in [-0.4, -0.2) is 22.1 Å². The summed E-state index contributed by atoms with van der Waals surface area (Å²) in [4.78, 5) is 15.7. The molecule has 1 radical (unpaired) electrons. The molecule has 0 unspecified atom stereocenters. The van der Waals surface area contributed by atoms with Crippen LogP contribution in [-0.2, 0) is 30.3 Å². The number of rotatable bonds is 5. The van der Waals surface area contributed by atoms with E-state index < -0.39 is 23.6 Å². The monoisotopic (exact) mass is 813 g/mol. The second-order valence-corrected chi connectivity index (χ2v) is 12.8. The van der Waals surface area contributed by atoms with Crippen molar-refractivity contribution in [3.63, 3.8) is 0 Å². The van der Waals surface area contributed by atoms with E-state index in [0.717, 1.165) is 22.2 Å². The van der Waals surface area contributed by atoms with Crippen LogP contribution < -0.4 is 0 Å². The average Bonchev–Trinajstić information content (AvgIpc) is 3.26. The van der Waals surface area contributed by atoms with Gasteiger partial charge in [0.25, 0.3) is 0 Å². The summed E-state index contributed by atoms with van der Waals surface area (Å²) >= 11 is 0. The Kier molecular flexibility index (Phi) is 10.6. The molecule has 1 aromatic heterocycles. The Bertz CT molecular complexity index is 1940. The van der Waals surface area contributed by atoms with Gasteiger partial charge in [0.05, 0.1) is 5.52 Å². The maximum absolute atomic E-state index is 11.6. The van der Waals surface area contributed by atoms with Crippen molar-refractivity contribution < 1.29 is 43.2 Å². The van der Waals surface area contributed by atoms with Crippen LogP contribution in [0.1, 0.15) is 64.2 Å². The van der Waals surface area contributed by atoms with Crippen molar-refractivity contribution in [2.24, 2.45) is 5.92 Å². The number of ketones is 1. The standard InChI is InChI=1S/C33H28N.C7H9F3O2.Ir/c1-21(2)22-9-11-23(12-10-22)25-14-13-24-16-18-31(34-32(24)20-25)26-15-17-28-27-7-5-6-8-29(27)33(3,4)30(28)19-26;1-4(2)5(11)3-6(12)7(8,9)10;/h5-14,16-21H,1-4H3;3-4,12H,1-2H3;/q-1;;/b;6-3-;. The summed E-state index contributed by atoms with van der Waals surface area (Å²) in [6.07, 6.45) is -4.63. The van der Waals surface area contributed by atoms with Crippen molar-refractivity contribution in [1.82, 2.24) is 4.98 Å². The maximum Gasteiger partial charge on any atom is 0.448 e. The fraction of sp³-hybridized carbons (Fsp3) is 0.250. The molecule has 1 aliphatic rings. The van der Waals surface area contributed by atoms with Crippen LogP contribution in [0, 0.1) is 12.0 Å². The van der Waals surface area contributed by atoms with E-state index in [9.17, 15) is 18.0 Å². The van der Waals surface area contributed by atoms with Crippen LogP contribution >= 0.6 is 0 Å². The van der Waals surface area contributed by atoms with Gasteiger partial charge in [-0.2, -0.15) is 13.2 Å². The molecule has 5 aromatic rings. The van der Waals surface area contributed by atoms with Crippen molar-refractivity contribution >= 4 is 16.7 Å². The molecule has 1 aliphatic carbocycles. The van der Waals surface area contributed by atoms with E-state index in [-0.39, 0.29) is 31.6 Å². The number of aromatic nitrogens is 1. The molecule has 4 aromatic carbocycles. The van der Waals surface area contributed by atoms with Gasteiger partial charge in [-0.25, -0.2) is 0 Å². The first-order valence-electron chi connectivity index (χ1n) is 15.4.